The van der Waals surface area contributed by atoms with Crippen molar-refractivity contribution in [3.63, 3.8) is 0 Å². The smallest absolute Gasteiger partial charge is 0.0644 e. The van der Waals surface area contributed by atoms with Crippen LogP contribution in [0.4, 0.5) is 0 Å². The normalized spacial score (nSPS) is 13.0. The van der Waals surface area contributed by atoms with E-state index in [1.165, 1.54) is 0 Å². The topological polar surface area (TPSA) is 43.8 Å². The van der Waals surface area contributed by atoms with Crippen LogP contribution < -0.4 is 5.73 Å². The second-order valence-corrected chi connectivity index (χ2v) is 5.62. The van der Waals surface area contributed by atoms with Gasteiger partial charge < -0.3 is 5.73 Å². The average molecular weight is 270 g/mol. The van der Waals surface area contributed by atoms with Gasteiger partial charge in [-0.1, -0.05) is 11.6 Å². The number of aryl methyl sites for hydroxylation is 2. The van der Waals surface area contributed by atoms with Gasteiger partial charge in [-0.15, -0.1) is 11.3 Å². The Hall–Kier alpha value is -0.840. The fraction of sp³-hybridized carbons (Fsp3) is 0.417. The fourth-order valence-corrected chi connectivity index (χ4v) is 3.27. The molecule has 2 aromatic rings. The van der Waals surface area contributed by atoms with Crippen LogP contribution in [0.2, 0.25) is 5.02 Å². The van der Waals surface area contributed by atoms with Gasteiger partial charge in [-0.05, 0) is 25.3 Å². The summed E-state index contributed by atoms with van der Waals surface area (Å²) in [7, 11) is 1.94. The number of aromatic nitrogens is 2. The summed E-state index contributed by atoms with van der Waals surface area (Å²) in [5.74, 6) is 0. The maximum Gasteiger partial charge on any atom is 0.0644 e. The molecule has 1 unspecified atom stereocenters. The minimum Gasteiger partial charge on any atom is -0.324 e. The van der Waals surface area contributed by atoms with Crippen molar-refractivity contribution < 1.29 is 0 Å². The lowest BCUT2D eigenvalue weighted by atomic mass is 10.0. The second kappa shape index (κ2) is 4.80. The Kier molecular flexibility index (Phi) is 3.56. The number of hydrogen-bond donors (Lipinski definition) is 1. The molecule has 0 spiro atoms. The predicted octanol–water partition coefficient (Wildman–Crippen LogP) is 2.99. The molecule has 0 radical (unpaired) electrons. The van der Waals surface area contributed by atoms with Gasteiger partial charge in [0.15, 0.2) is 0 Å². The molecule has 1 atom stereocenters. The minimum atomic E-state index is -0.0418. The third-order valence-electron chi connectivity index (χ3n) is 3.03. The lowest BCUT2D eigenvalue weighted by Crippen LogP contribution is -2.15. The first kappa shape index (κ1) is 12.6. The molecule has 2 rings (SSSR count). The molecule has 0 amide bonds. The fourth-order valence-electron chi connectivity index (χ4n) is 2.10. The van der Waals surface area contributed by atoms with Crippen LogP contribution in [0, 0.1) is 13.8 Å². The van der Waals surface area contributed by atoms with Gasteiger partial charge in [-0.25, -0.2) is 0 Å². The first-order valence-corrected chi connectivity index (χ1v) is 6.74. The van der Waals surface area contributed by atoms with Crippen molar-refractivity contribution in [2.24, 2.45) is 12.8 Å². The van der Waals surface area contributed by atoms with Gasteiger partial charge in [0.2, 0.25) is 0 Å². The summed E-state index contributed by atoms with van der Waals surface area (Å²) in [6.07, 6.45) is 0.768. The van der Waals surface area contributed by atoms with E-state index in [4.69, 9.17) is 17.3 Å². The second-order valence-electron chi connectivity index (χ2n) is 4.21. The molecular weight excluding hydrogens is 254 g/mol. The molecule has 3 nitrogen and oxygen atoms in total. The molecule has 0 aliphatic heterocycles. The van der Waals surface area contributed by atoms with E-state index < -0.39 is 0 Å². The van der Waals surface area contributed by atoms with Crippen molar-refractivity contribution in [2.45, 2.75) is 26.3 Å². The van der Waals surface area contributed by atoms with E-state index in [-0.39, 0.29) is 6.04 Å². The van der Waals surface area contributed by atoms with Crippen LogP contribution >= 0.6 is 22.9 Å². The quantitative estimate of drug-likeness (QED) is 0.931. The van der Waals surface area contributed by atoms with E-state index in [9.17, 15) is 0 Å². The molecule has 0 saturated heterocycles. The zero-order valence-corrected chi connectivity index (χ0v) is 11.8. The Morgan fingerprint density at radius 3 is 2.71 bits per heavy atom. The zero-order valence-electron chi connectivity index (χ0n) is 10.2. The lowest BCUT2D eigenvalue weighted by Gasteiger charge is -2.11. The molecule has 92 valence electrons. The predicted molar refractivity (Wildman–Crippen MR) is 72.6 cm³/mol. The largest absolute Gasteiger partial charge is 0.324 e. The molecule has 0 saturated carbocycles. The van der Waals surface area contributed by atoms with Crippen molar-refractivity contribution in [3.8, 4) is 0 Å². The van der Waals surface area contributed by atoms with Crippen LogP contribution in [0.15, 0.2) is 11.4 Å². The molecular formula is C12H16ClN3S. The summed E-state index contributed by atoms with van der Waals surface area (Å²) in [4.78, 5) is 1.14. The highest BCUT2D eigenvalue weighted by Crippen LogP contribution is 2.29. The van der Waals surface area contributed by atoms with Gasteiger partial charge in [0, 0.05) is 35.6 Å². The highest BCUT2D eigenvalue weighted by molar-refractivity contribution is 7.10. The number of halogens is 1. The Morgan fingerprint density at radius 1 is 1.53 bits per heavy atom. The maximum atomic E-state index is 6.26. The van der Waals surface area contributed by atoms with Gasteiger partial charge >= 0.3 is 0 Å². The first-order chi connectivity index (χ1) is 8.00. The third-order valence-corrected chi connectivity index (χ3v) is 4.44. The van der Waals surface area contributed by atoms with Crippen molar-refractivity contribution in [1.29, 1.82) is 0 Å². The molecule has 2 heterocycles. The summed E-state index contributed by atoms with van der Waals surface area (Å²) < 4.78 is 1.88. The summed E-state index contributed by atoms with van der Waals surface area (Å²) in [6.45, 7) is 4.05. The van der Waals surface area contributed by atoms with E-state index in [0.717, 1.165) is 33.3 Å². The molecule has 0 fully saturated rings. The summed E-state index contributed by atoms with van der Waals surface area (Å²) >= 11 is 7.74. The monoisotopic (exact) mass is 269 g/mol. The maximum absolute atomic E-state index is 6.26. The van der Waals surface area contributed by atoms with Gasteiger partial charge in [0.25, 0.3) is 0 Å². The first-order valence-electron chi connectivity index (χ1n) is 5.48. The van der Waals surface area contributed by atoms with E-state index in [0.29, 0.717) is 0 Å². The number of nitrogens with zero attached hydrogens (tertiary/aromatic N) is 2. The van der Waals surface area contributed by atoms with Crippen LogP contribution in [-0.2, 0) is 13.5 Å². The van der Waals surface area contributed by atoms with Gasteiger partial charge in [0.1, 0.15) is 0 Å². The van der Waals surface area contributed by atoms with Crippen molar-refractivity contribution >= 4 is 22.9 Å². The van der Waals surface area contributed by atoms with Crippen molar-refractivity contribution in [2.75, 3.05) is 0 Å². The highest BCUT2D eigenvalue weighted by Gasteiger charge is 2.18. The SMILES string of the molecule is Cc1nn(C)c(C)c1C(N)Cc1sccc1Cl. The number of rotatable bonds is 3. The Bertz CT molecular complexity index is 530. The summed E-state index contributed by atoms with van der Waals surface area (Å²) in [5, 5.41) is 7.19. The molecule has 2 aromatic heterocycles. The average Bonchev–Trinajstić information content (AvgIpc) is 2.74. The summed E-state index contributed by atoms with van der Waals surface area (Å²) in [6, 6.07) is 1.87. The van der Waals surface area contributed by atoms with E-state index in [1.54, 1.807) is 11.3 Å². The van der Waals surface area contributed by atoms with E-state index >= 15 is 0 Å². The van der Waals surface area contributed by atoms with Gasteiger partial charge in [-0.3, -0.25) is 4.68 Å². The van der Waals surface area contributed by atoms with Crippen molar-refractivity contribution in [1.82, 2.24) is 9.78 Å². The molecule has 0 bridgehead atoms. The standard InChI is InChI=1S/C12H16ClN3S/c1-7-12(8(2)16(3)15-7)10(14)6-11-9(13)4-5-17-11/h4-5,10H,6,14H2,1-3H3. The number of hydrogen-bond acceptors (Lipinski definition) is 3. The molecule has 5 heteroatoms. The number of nitrogens with two attached hydrogens (primary N) is 1. The molecule has 2 N–H and O–H groups in total. The van der Waals surface area contributed by atoms with Crippen LogP contribution in [0.1, 0.15) is 27.9 Å². The Morgan fingerprint density at radius 2 is 2.24 bits per heavy atom. The van der Waals surface area contributed by atoms with E-state index in [2.05, 4.69) is 5.10 Å². The van der Waals surface area contributed by atoms with Crippen molar-refractivity contribution in [3.05, 3.63) is 38.3 Å². The van der Waals surface area contributed by atoms with Crippen LogP contribution in [0.5, 0.6) is 0 Å². The number of thiophene rings is 1. The van der Waals surface area contributed by atoms with E-state index in [1.807, 2.05) is 37.0 Å². The lowest BCUT2D eigenvalue weighted by molar-refractivity contribution is 0.705. The minimum absolute atomic E-state index is 0.0418. The zero-order chi connectivity index (χ0) is 12.6. The highest BCUT2D eigenvalue weighted by atomic mass is 35.5. The molecule has 17 heavy (non-hydrogen) atoms. The Balaban J connectivity index is 2.26. The third kappa shape index (κ3) is 2.39. The molecule has 0 aliphatic carbocycles. The van der Waals surface area contributed by atoms with Crippen LogP contribution in [-0.4, -0.2) is 9.78 Å². The molecule has 0 aliphatic rings. The van der Waals surface area contributed by atoms with Crippen LogP contribution in [0.25, 0.3) is 0 Å². The summed E-state index contributed by atoms with van der Waals surface area (Å²) in [5.41, 5.74) is 9.53. The van der Waals surface area contributed by atoms with Gasteiger partial charge in [0.05, 0.1) is 10.7 Å². The Labute approximate surface area is 110 Å². The molecule has 0 aromatic carbocycles. The van der Waals surface area contributed by atoms with Crippen LogP contribution in [0.3, 0.4) is 0 Å². The van der Waals surface area contributed by atoms with Gasteiger partial charge in [-0.2, -0.15) is 5.10 Å².